The van der Waals surface area contributed by atoms with Crippen molar-refractivity contribution in [3.05, 3.63) is 27.6 Å². The second-order valence-corrected chi connectivity index (χ2v) is 5.61. The van der Waals surface area contributed by atoms with Crippen molar-refractivity contribution < 1.29 is 9.53 Å². The van der Waals surface area contributed by atoms with Gasteiger partial charge in [0.2, 0.25) is 0 Å². The van der Waals surface area contributed by atoms with E-state index in [1.165, 1.54) is 0 Å². The summed E-state index contributed by atoms with van der Waals surface area (Å²) in [7, 11) is 0. The number of fused-ring (bicyclic) bond motifs is 1. The second kappa shape index (κ2) is 6.56. The van der Waals surface area contributed by atoms with E-state index < -0.39 is 0 Å². The van der Waals surface area contributed by atoms with Crippen LogP contribution < -0.4 is 0 Å². The summed E-state index contributed by atoms with van der Waals surface area (Å²) < 4.78 is 7.99. The molecule has 2 aromatic rings. The topological polar surface area (TPSA) is 44.1 Å². The largest absolute Gasteiger partial charge is 0.465 e. The zero-order valence-electron chi connectivity index (χ0n) is 10.5. The molecule has 0 atom stereocenters. The van der Waals surface area contributed by atoms with E-state index in [0.29, 0.717) is 18.9 Å². The van der Waals surface area contributed by atoms with Crippen LogP contribution in [0.25, 0.3) is 11.0 Å². The molecule has 0 radical (unpaired) electrons. The van der Waals surface area contributed by atoms with E-state index in [-0.39, 0.29) is 12.5 Å². The number of carbonyl (C=O) groups is 1. The third kappa shape index (κ3) is 3.39. The molecule has 0 unspecified atom stereocenters. The van der Waals surface area contributed by atoms with E-state index in [1.807, 2.05) is 22.8 Å². The van der Waals surface area contributed by atoms with E-state index in [4.69, 9.17) is 16.3 Å². The van der Waals surface area contributed by atoms with Crippen LogP contribution in [-0.4, -0.2) is 28.0 Å². The first-order chi connectivity index (χ1) is 9.15. The Hall–Kier alpha value is -0.820. The minimum atomic E-state index is -0.254. The van der Waals surface area contributed by atoms with Crippen molar-refractivity contribution in [3.63, 3.8) is 0 Å². The number of ether oxygens (including phenoxy) is 1. The number of esters is 1. The Labute approximate surface area is 130 Å². The van der Waals surface area contributed by atoms with Gasteiger partial charge >= 0.3 is 5.97 Å². The molecule has 0 fully saturated rings. The van der Waals surface area contributed by atoms with Gasteiger partial charge < -0.3 is 9.30 Å². The maximum absolute atomic E-state index is 11.7. The molecule has 0 saturated heterocycles. The molecule has 6 heteroatoms. The third-order valence-corrected chi connectivity index (χ3v) is 3.56. The van der Waals surface area contributed by atoms with Gasteiger partial charge in [0.25, 0.3) is 0 Å². The minimum absolute atomic E-state index is 0.178. The summed E-state index contributed by atoms with van der Waals surface area (Å²) in [4.78, 5) is 16.2. The van der Waals surface area contributed by atoms with Crippen LogP contribution in [0.15, 0.2) is 18.2 Å². The average Bonchev–Trinajstić information content (AvgIpc) is 2.67. The third-order valence-electron chi connectivity index (χ3n) is 2.70. The number of halogens is 2. The lowest BCUT2D eigenvalue weighted by molar-refractivity contribution is -0.143. The summed E-state index contributed by atoms with van der Waals surface area (Å²) in [6.07, 6.45) is 0.631. The predicted molar refractivity (Wildman–Crippen MR) is 83.5 cm³/mol. The number of hydrogen-bond donors (Lipinski definition) is 0. The zero-order valence-corrected chi connectivity index (χ0v) is 13.4. The number of aromatic nitrogens is 2. The summed E-state index contributed by atoms with van der Waals surface area (Å²) in [6.45, 7) is 2.36. The molecule has 2 rings (SSSR count). The summed E-state index contributed by atoms with van der Waals surface area (Å²) in [6, 6.07) is 5.97. The normalized spacial score (nSPS) is 10.9. The molecule has 0 amide bonds. The molecule has 0 aliphatic carbocycles. The molecule has 0 aliphatic rings. The highest BCUT2D eigenvalue weighted by Crippen LogP contribution is 2.20. The first-order valence-electron chi connectivity index (χ1n) is 6.02. The van der Waals surface area contributed by atoms with Gasteiger partial charge in [-0.15, -0.1) is 11.6 Å². The van der Waals surface area contributed by atoms with Crippen LogP contribution in [0, 0.1) is 3.57 Å². The van der Waals surface area contributed by atoms with Gasteiger partial charge in [0.1, 0.15) is 12.4 Å². The molecule has 4 nitrogen and oxygen atoms in total. The number of hydrogen-bond acceptors (Lipinski definition) is 3. The molecular weight excluding hydrogens is 379 g/mol. The van der Waals surface area contributed by atoms with Crippen LogP contribution in [-0.2, 0) is 22.5 Å². The molecule has 1 aromatic heterocycles. The minimum Gasteiger partial charge on any atom is -0.465 e. The summed E-state index contributed by atoms with van der Waals surface area (Å²) >= 11 is 8.04. The van der Waals surface area contributed by atoms with Crippen LogP contribution in [0.1, 0.15) is 12.7 Å². The lowest BCUT2D eigenvalue weighted by Gasteiger charge is -2.07. The number of nitrogens with zero attached hydrogens (tertiary/aromatic N) is 2. The molecular formula is C13H14ClIN2O2. The van der Waals surface area contributed by atoms with Crippen molar-refractivity contribution in [2.75, 3.05) is 12.5 Å². The number of carbonyl (C=O) groups excluding carboxylic acids is 1. The van der Waals surface area contributed by atoms with Gasteiger partial charge in [-0.2, -0.15) is 0 Å². The Bertz CT molecular complexity index is 598. The molecule has 0 saturated carbocycles. The van der Waals surface area contributed by atoms with Crippen LogP contribution in [0.4, 0.5) is 0 Å². The van der Waals surface area contributed by atoms with E-state index in [2.05, 4.69) is 27.6 Å². The van der Waals surface area contributed by atoms with E-state index in [1.54, 1.807) is 6.92 Å². The Morgan fingerprint density at radius 1 is 1.53 bits per heavy atom. The predicted octanol–water partition coefficient (Wildman–Crippen LogP) is 2.99. The van der Waals surface area contributed by atoms with Crippen LogP contribution in [0.2, 0.25) is 0 Å². The first-order valence-corrected chi connectivity index (χ1v) is 7.63. The fourth-order valence-corrected chi connectivity index (χ4v) is 2.58. The van der Waals surface area contributed by atoms with Gasteiger partial charge in [0, 0.05) is 15.9 Å². The molecule has 102 valence electrons. The molecule has 19 heavy (non-hydrogen) atoms. The molecule has 1 heterocycles. The maximum Gasteiger partial charge on any atom is 0.326 e. The summed E-state index contributed by atoms with van der Waals surface area (Å²) in [5, 5.41) is 0. The SMILES string of the molecule is CCOC(=O)Cn1c(CCCl)nc2cc(I)ccc21. The quantitative estimate of drug-likeness (QED) is 0.446. The van der Waals surface area contributed by atoms with Crippen molar-refractivity contribution in [2.45, 2.75) is 19.9 Å². The van der Waals surface area contributed by atoms with Crippen LogP contribution >= 0.6 is 34.2 Å². The Morgan fingerprint density at radius 3 is 3.00 bits per heavy atom. The smallest absolute Gasteiger partial charge is 0.326 e. The number of benzene rings is 1. The van der Waals surface area contributed by atoms with Crippen LogP contribution in [0.5, 0.6) is 0 Å². The molecule has 0 spiro atoms. The molecule has 1 aromatic carbocycles. The van der Waals surface area contributed by atoms with Crippen molar-refractivity contribution in [3.8, 4) is 0 Å². The lowest BCUT2D eigenvalue weighted by atomic mass is 10.3. The fraction of sp³-hybridized carbons (Fsp3) is 0.385. The van der Waals surface area contributed by atoms with Gasteiger partial charge in [-0.3, -0.25) is 4.79 Å². The van der Waals surface area contributed by atoms with Gasteiger partial charge in [-0.05, 0) is 47.7 Å². The van der Waals surface area contributed by atoms with Crippen LogP contribution in [0.3, 0.4) is 0 Å². The molecule has 0 aliphatic heterocycles. The maximum atomic E-state index is 11.7. The van der Waals surface area contributed by atoms with E-state index in [0.717, 1.165) is 20.4 Å². The summed E-state index contributed by atoms with van der Waals surface area (Å²) in [5.74, 6) is 1.04. The Kier molecular flexibility index (Phi) is 5.04. The van der Waals surface area contributed by atoms with E-state index >= 15 is 0 Å². The number of aryl methyl sites for hydroxylation is 1. The van der Waals surface area contributed by atoms with Gasteiger partial charge in [-0.1, -0.05) is 0 Å². The lowest BCUT2D eigenvalue weighted by Crippen LogP contribution is -2.15. The fourth-order valence-electron chi connectivity index (χ4n) is 1.94. The number of rotatable bonds is 5. The molecule has 0 bridgehead atoms. The second-order valence-electron chi connectivity index (χ2n) is 3.99. The van der Waals surface area contributed by atoms with Gasteiger partial charge in [0.15, 0.2) is 0 Å². The van der Waals surface area contributed by atoms with Gasteiger partial charge in [0.05, 0.1) is 17.6 Å². The Balaban J connectivity index is 2.42. The highest BCUT2D eigenvalue weighted by molar-refractivity contribution is 14.1. The summed E-state index contributed by atoms with van der Waals surface area (Å²) in [5.41, 5.74) is 1.82. The Morgan fingerprint density at radius 2 is 2.32 bits per heavy atom. The van der Waals surface area contributed by atoms with E-state index in [9.17, 15) is 4.79 Å². The number of imidazole rings is 1. The standard InChI is InChI=1S/C13H14ClIN2O2/c1-2-19-13(18)8-17-11-4-3-9(15)7-10(11)16-12(17)5-6-14/h3-4,7H,2,5-6,8H2,1H3. The highest BCUT2D eigenvalue weighted by atomic mass is 127. The van der Waals surface area contributed by atoms with Crippen molar-refractivity contribution in [1.82, 2.24) is 9.55 Å². The first kappa shape index (κ1) is 14.6. The van der Waals surface area contributed by atoms with Crippen molar-refractivity contribution >= 4 is 51.2 Å². The van der Waals surface area contributed by atoms with Crippen molar-refractivity contribution in [1.29, 1.82) is 0 Å². The average molecular weight is 393 g/mol. The van der Waals surface area contributed by atoms with Gasteiger partial charge in [-0.25, -0.2) is 4.98 Å². The van der Waals surface area contributed by atoms with Crippen molar-refractivity contribution in [2.24, 2.45) is 0 Å². The zero-order chi connectivity index (χ0) is 13.8. The molecule has 0 N–H and O–H groups in total. The monoisotopic (exact) mass is 392 g/mol. The number of alkyl halides is 1. The highest BCUT2D eigenvalue weighted by Gasteiger charge is 2.14.